The molecule has 0 bridgehead atoms. The van der Waals surface area contributed by atoms with Crippen LogP contribution in [0.1, 0.15) is 36.0 Å². The molecule has 1 aromatic heterocycles. The Balaban J connectivity index is 1.60. The van der Waals surface area contributed by atoms with Crippen LogP contribution >= 0.6 is 0 Å². The fourth-order valence-corrected chi connectivity index (χ4v) is 3.37. The van der Waals surface area contributed by atoms with Crippen LogP contribution in [0, 0.1) is 6.92 Å². The van der Waals surface area contributed by atoms with Crippen molar-refractivity contribution in [1.29, 1.82) is 0 Å². The molecule has 2 heterocycles. The van der Waals surface area contributed by atoms with Crippen LogP contribution in [0.15, 0.2) is 48.8 Å². The van der Waals surface area contributed by atoms with E-state index in [2.05, 4.69) is 41.5 Å². The molecule has 1 aromatic carbocycles. The van der Waals surface area contributed by atoms with E-state index in [1.165, 1.54) is 5.56 Å². The van der Waals surface area contributed by atoms with Gasteiger partial charge in [0.25, 0.3) is 0 Å². The minimum absolute atomic E-state index is 0.0115. The van der Waals surface area contributed by atoms with Crippen molar-refractivity contribution in [2.75, 3.05) is 6.54 Å². The third kappa shape index (κ3) is 3.52. The second kappa shape index (κ2) is 6.82. The number of aryl methyl sites for hydroxylation is 1. The Morgan fingerprint density at radius 1 is 1.30 bits per heavy atom. The molecule has 1 saturated heterocycles. The zero-order chi connectivity index (χ0) is 16.2. The molecule has 4 heteroatoms. The Bertz CT molecular complexity index is 671. The largest absolute Gasteiger partial charge is 0.334 e. The number of likely N-dealkylation sites (tertiary alicyclic amines) is 1. The maximum absolute atomic E-state index is 12.5. The molecule has 4 nitrogen and oxygen atoms in total. The Hall–Kier alpha value is -2.36. The van der Waals surface area contributed by atoms with E-state index >= 15 is 0 Å². The number of rotatable bonds is 3. The highest BCUT2D eigenvalue weighted by Crippen LogP contribution is 2.33. The predicted molar refractivity (Wildman–Crippen MR) is 91.2 cm³/mol. The molecule has 1 aliphatic rings. The van der Waals surface area contributed by atoms with Crippen LogP contribution in [-0.2, 0) is 6.54 Å². The first-order valence-corrected chi connectivity index (χ1v) is 8.15. The van der Waals surface area contributed by atoms with Gasteiger partial charge in [0.2, 0.25) is 0 Å². The molecular formula is C19H23N3O. The van der Waals surface area contributed by atoms with Crippen molar-refractivity contribution in [3.63, 3.8) is 0 Å². The van der Waals surface area contributed by atoms with E-state index in [0.717, 1.165) is 24.1 Å². The van der Waals surface area contributed by atoms with E-state index in [0.29, 0.717) is 12.5 Å². The molecular weight excluding hydrogens is 286 g/mol. The summed E-state index contributed by atoms with van der Waals surface area (Å²) in [6.45, 7) is 5.47. The molecule has 2 aromatic rings. The van der Waals surface area contributed by atoms with Crippen LogP contribution in [0.25, 0.3) is 0 Å². The van der Waals surface area contributed by atoms with Crippen LogP contribution in [0.5, 0.6) is 0 Å². The molecule has 2 amide bonds. The zero-order valence-corrected chi connectivity index (χ0v) is 13.7. The number of urea groups is 1. The third-order valence-electron chi connectivity index (χ3n) is 4.62. The first kappa shape index (κ1) is 15.5. The molecule has 23 heavy (non-hydrogen) atoms. The number of hydrogen-bond acceptors (Lipinski definition) is 2. The van der Waals surface area contributed by atoms with Gasteiger partial charge in [-0.15, -0.1) is 0 Å². The Labute approximate surface area is 137 Å². The highest BCUT2D eigenvalue weighted by Gasteiger charge is 2.34. The van der Waals surface area contributed by atoms with Crippen LogP contribution in [-0.4, -0.2) is 28.5 Å². The Morgan fingerprint density at radius 3 is 2.83 bits per heavy atom. The Morgan fingerprint density at radius 2 is 2.09 bits per heavy atom. The topological polar surface area (TPSA) is 45.2 Å². The average molecular weight is 309 g/mol. The predicted octanol–water partition coefficient (Wildman–Crippen LogP) is 3.48. The zero-order valence-electron chi connectivity index (χ0n) is 13.7. The van der Waals surface area contributed by atoms with E-state index in [1.807, 2.05) is 30.2 Å². The number of carbonyl (C=O) groups excluding carboxylic acids is 1. The van der Waals surface area contributed by atoms with Gasteiger partial charge in [0.1, 0.15) is 0 Å². The fraction of sp³-hybridized carbons (Fsp3) is 0.368. The van der Waals surface area contributed by atoms with Gasteiger partial charge in [-0.2, -0.15) is 0 Å². The molecule has 120 valence electrons. The average Bonchev–Trinajstić information content (AvgIpc) is 2.95. The molecule has 0 spiro atoms. The minimum Gasteiger partial charge on any atom is -0.334 e. The van der Waals surface area contributed by atoms with Crippen LogP contribution in [0.3, 0.4) is 0 Å². The van der Waals surface area contributed by atoms with Gasteiger partial charge in [0.05, 0.1) is 0 Å². The van der Waals surface area contributed by atoms with Crippen molar-refractivity contribution in [3.8, 4) is 0 Å². The van der Waals surface area contributed by atoms with Gasteiger partial charge in [-0.25, -0.2) is 4.79 Å². The van der Waals surface area contributed by atoms with Crippen molar-refractivity contribution in [3.05, 3.63) is 65.5 Å². The van der Waals surface area contributed by atoms with Gasteiger partial charge >= 0.3 is 6.03 Å². The lowest BCUT2D eigenvalue weighted by Gasteiger charge is -2.25. The maximum atomic E-state index is 12.5. The standard InChI is InChI=1S/C19H23N3O/c1-14-10-16(12-20-11-14)13-21-19(23)22-9-8-18(15(22)2)17-6-4-3-5-7-17/h3-7,10-12,15,18H,8-9,13H2,1-2H3,(H,21,23)/t15-,18-/m1/s1. The van der Waals surface area contributed by atoms with E-state index in [1.54, 1.807) is 6.20 Å². The smallest absolute Gasteiger partial charge is 0.317 e. The first-order chi connectivity index (χ1) is 11.1. The van der Waals surface area contributed by atoms with Crippen LogP contribution < -0.4 is 5.32 Å². The molecule has 1 aliphatic heterocycles. The lowest BCUT2D eigenvalue weighted by atomic mass is 9.93. The van der Waals surface area contributed by atoms with Gasteiger partial charge in [0, 0.05) is 37.4 Å². The molecule has 0 aliphatic carbocycles. The van der Waals surface area contributed by atoms with Crippen LogP contribution in [0.2, 0.25) is 0 Å². The van der Waals surface area contributed by atoms with Crippen molar-refractivity contribution < 1.29 is 4.79 Å². The van der Waals surface area contributed by atoms with E-state index < -0.39 is 0 Å². The van der Waals surface area contributed by atoms with Crippen molar-refractivity contribution >= 4 is 6.03 Å². The van der Waals surface area contributed by atoms with Crippen LogP contribution in [0.4, 0.5) is 4.79 Å². The SMILES string of the molecule is Cc1cncc(CNC(=O)N2CC[C@@H](c3ccccc3)[C@H]2C)c1. The lowest BCUT2D eigenvalue weighted by molar-refractivity contribution is 0.193. The number of hydrogen-bond donors (Lipinski definition) is 1. The quantitative estimate of drug-likeness (QED) is 0.943. The van der Waals surface area contributed by atoms with E-state index in [9.17, 15) is 4.79 Å². The number of nitrogens with zero attached hydrogens (tertiary/aromatic N) is 2. The van der Waals surface area contributed by atoms with Gasteiger partial charge in [-0.05, 0) is 37.0 Å². The monoisotopic (exact) mass is 309 g/mol. The molecule has 1 fully saturated rings. The van der Waals surface area contributed by atoms with Crippen molar-refractivity contribution in [1.82, 2.24) is 15.2 Å². The van der Waals surface area contributed by atoms with Gasteiger partial charge in [-0.1, -0.05) is 36.4 Å². The summed E-state index contributed by atoms with van der Waals surface area (Å²) in [7, 11) is 0. The minimum atomic E-state index is 0.0115. The summed E-state index contributed by atoms with van der Waals surface area (Å²) in [5.41, 5.74) is 3.46. The van der Waals surface area contributed by atoms with Gasteiger partial charge in [0.15, 0.2) is 0 Å². The van der Waals surface area contributed by atoms with Crippen molar-refractivity contribution in [2.24, 2.45) is 0 Å². The summed E-state index contributed by atoms with van der Waals surface area (Å²) in [5.74, 6) is 0.419. The summed E-state index contributed by atoms with van der Waals surface area (Å²) >= 11 is 0. The highest BCUT2D eigenvalue weighted by molar-refractivity contribution is 5.75. The number of benzene rings is 1. The molecule has 0 unspecified atom stereocenters. The summed E-state index contributed by atoms with van der Waals surface area (Å²) < 4.78 is 0. The molecule has 3 rings (SSSR count). The summed E-state index contributed by atoms with van der Waals surface area (Å²) in [6.07, 6.45) is 4.64. The molecule has 2 atom stereocenters. The summed E-state index contributed by atoms with van der Waals surface area (Å²) in [6, 6.07) is 12.7. The number of amides is 2. The summed E-state index contributed by atoms with van der Waals surface area (Å²) in [5, 5.41) is 3.02. The van der Waals surface area contributed by atoms with E-state index in [-0.39, 0.29) is 12.1 Å². The normalized spacial score (nSPS) is 20.5. The molecule has 1 N–H and O–H groups in total. The first-order valence-electron chi connectivity index (χ1n) is 8.15. The summed E-state index contributed by atoms with van der Waals surface area (Å²) in [4.78, 5) is 18.6. The third-order valence-corrected chi connectivity index (χ3v) is 4.62. The van der Waals surface area contributed by atoms with Crippen molar-refractivity contribution in [2.45, 2.75) is 38.8 Å². The molecule has 0 saturated carbocycles. The van der Waals surface area contributed by atoms with Gasteiger partial charge in [-0.3, -0.25) is 4.98 Å². The number of pyridine rings is 1. The number of nitrogens with one attached hydrogen (secondary N) is 1. The fourth-order valence-electron chi connectivity index (χ4n) is 3.37. The van der Waals surface area contributed by atoms with E-state index in [4.69, 9.17) is 0 Å². The number of carbonyl (C=O) groups is 1. The Kier molecular flexibility index (Phi) is 4.60. The van der Waals surface area contributed by atoms with Gasteiger partial charge < -0.3 is 10.2 Å². The molecule has 0 radical (unpaired) electrons. The lowest BCUT2D eigenvalue weighted by Crippen LogP contribution is -2.42. The maximum Gasteiger partial charge on any atom is 0.317 e. The number of aromatic nitrogens is 1. The second-order valence-electron chi connectivity index (χ2n) is 6.27. The highest BCUT2D eigenvalue weighted by atomic mass is 16.2. The second-order valence-corrected chi connectivity index (χ2v) is 6.27.